The van der Waals surface area contributed by atoms with Crippen molar-refractivity contribution in [3.63, 3.8) is 0 Å². The number of rotatable bonds is 2. The highest BCUT2D eigenvalue weighted by atomic mass is 16.4. The molecule has 0 aromatic heterocycles. The minimum Gasteiger partial charge on any atom is -0.473 e. The Balaban J connectivity index is 0.000000511. The fourth-order valence-electron chi connectivity index (χ4n) is 1.63. The van der Waals surface area contributed by atoms with E-state index in [9.17, 15) is 9.90 Å². The molecule has 8 heteroatoms. The van der Waals surface area contributed by atoms with Gasteiger partial charge in [0.05, 0.1) is 17.7 Å². The molecule has 2 unspecified atom stereocenters. The van der Waals surface area contributed by atoms with Gasteiger partial charge in [-0.2, -0.15) is 0 Å². The Hall–Kier alpha value is -1.67. The molecular weight excluding hydrogens is 268 g/mol. The minimum atomic E-state index is -1.82. The van der Waals surface area contributed by atoms with Crippen LogP contribution in [0.2, 0.25) is 0 Å². The number of aliphatic hydroxyl groups excluding tert-OH is 1. The average Bonchev–Trinajstić information content (AvgIpc) is 2.31. The van der Waals surface area contributed by atoms with Crippen molar-refractivity contribution in [2.45, 2.75) is 57.2 Å². The van der Waals surface area contributed by atoms with Crippen LogP contribution in [-0.4, -0.2) is 50.9 Å². The summed E-state index contributed by atoms with van der Waals surface area (Å²) in [6, 6.07) is -0.112. The minimum absolute atomic E-state index is 0.112. The lowest BCUT2D eigenvalue weighted by molar-refractivity contribution is -0.159. The largest absolute Gasteiger partial charge is 0.473 e. The maximum absolute atomic E-state index is 11.5. The highest BCUT2D eigenvalue weighted by molar-refractivity contribution is 6.27. The predicted molar refractivity (Wildman–Crippen MR) is 69.9 cm³/mol. The molecule has 1 rings (SSSR count). The maximum Gasteiger partial charge on any atom is 0.414 e. The molecule has 0 bridgehead atoms. The zero-order chi connectivity index (χ0) is 15.9. The summed E-state index contributed by atoms with van der Waals surface area (Å²) in [7, 11) is 0. The summed E-state index contributed by atoms with van der Waals surface area (Å²) >= 11 is 0. The number of nitrogens with two attached hydrogens (primary N) is 1. The van der Waals surface area contributed by atoms with Crippen LogP contribution in [0.5, 0.6) is 0 Å². The Morgan fingerprint density at radius 3 is 1.90 bits per heavy atom. The Bertz CT molecular complexity index is 351. The van der Waals surface area contributed by atoms with Crippen molar-refractivity contribution in [3.05, 3.63) is 0 Å². The van der Waals surface area contributed by atoms with Gasteiger partial charge in [0, 0.05) is 0 Å². The van der Waals surface area contributed by atoms with E-state index in [0.29, 0.717) is 0 Å². The number of carbonyl (C=O) groups is 3. The summed E-state index contributed by atoms with van der Waals surface area (Å²) < 4.78 is 0. The Morgan fingerprint density at radius 2 is 1.55 bits per heavy atom. The van der Waals surface area contributed by atoms with E-state index in [-0.39, 0.29) is 11.9 Å². The van der Waals surface area contributed by atoms with E-state index in [0.717, 1.165) is 25.7 Å². The maximum atomic E-state index is 11.5. The Kier molecular flexibility index (Phi) is 7.16. The van der Waals surface area contributed by atoms with Crippen LogP contribution in [0, 0.1) is 0 Å². The third-order valence-corrected chi connectivity index (χ3v) is 2.81. The van der Waals surface area contributed by atoms with Crippen LogP contribution in [0.25, 0.3) is 0 Å². The van der Waals surface area contributed by atoms with Gasteiger partial charge in [0.15, 0.2) is 0 Å². The second-order valence-corrected chi connectivity index (χ2v) is 5.26. The molecule has 0 aromatic rings. The molecule has 20 heavy (non-hydrogen) atoms. The third-order valence-electron chi connectivity index (χ3n) is 2.81. The van der Waals surface area contributed by atoms with E-state index in [1.807, 2.05) is 0 Å². The number of amides is 1. The molecule has 0 spiro atoms. The molecule has 0 aromatic carbocycles. The number of carboxylic acids is 2. The van der Waals surface area contributed by atoms with E-state index in [1.165, 1.54) is 0 Å². The number of hydrogen-bond donors (Lipinski definition) is 5. The zero-order valence-corrected chi connectivity index (χ0v) is 11.6. The summed E-state index contributed by atoms with van der Waals surface area (Å²) in [6.45, 7) is 3.33. The first-order valence-electron chi connectivity index (χ1n) is 6.29. The van der Waals surface area contributed by atoms with Crippen LogP contribution in [0.3, 0.4) is 0 Å². The van der Waals surface area contributed by atoms with Gasteiger partial charge in [-0.25, -0.2) is 9.59 Å². The first kappa shape index (κ1) is 18.3. The molecule has 2 atom stereocenters. The molecule has 8 nitrogen and oxygen atoms in total. The topological polar surface area (TPSA) is 150 Å². The average molecular weight is 290 g/mol. The number of aliphatic hydroxyl groups is 1. The van der Waals surface area contributed by atoms with E-state index in [4.69, 9.17) is 25.5 Å². The number of carboxylic acid groups (broad SMARTS) is 2. The fourth-order valence-corrected chi connectivity index (χ4v) is 1.63. The highest BCUT2D eigenvalue weighted by Crippen LogP contribution is 2.18. The normalized spacial score (nSPS) is 22.2. The van der Waals surface area contributed by atoms with E-state index in [1.54, 1.807) is 13.8 Å². The van der Waals surface area contributed by atoms with Gasteiger partial charge in [0.1, 0.15) is 0 Å². The Labute approximate surface area is 117 Å². The molecular formula is C12H22N2O6. The molecule has 0 saturated heterocycles. The van der Waals surface area contributed by atoms with Gasteiger partial charge in [0.2, 0.25) is 5.91 Å². The third kappa shape index (κ3) is 7.05. The van der Waals surface area contributed by atoms with Crippen molar-refractivity contribution in [2.24, 2.45) is 5.73 Å². The van der Waals surface area contributed by atoms with E-state index < -0.39 is 23.6 Å². The summed E-state index contributed by atoms with van der Waals surface area (Å²) in [5, 5.41) is 27.2. The van der Waals surface area contributed by atoms with Crippen molar-refractivity contribution in [1.29, 1.82) is 0 Å². The molecule has 6 N–H and O–H groups in total. The lowest BCUT2D eigenvalue weighted by Gasteiger charge is -2.30. The van der Waals surface area contributed by atoms with Gasteiger partial charge in [0.25, 0.3) is 0 Å². The smallest absolute Gasteiger partial charge is 0.414 e. The van der Waals surface area contributed by atoms with Gasteiger partial charge in [-0.15, -0.1) is 0 Å². The van der Waals surface area contributed by atoms with Gasteiger partial charge in [-0.05, 0) is 26.7 Å². The van der Waals surface area contributed by atoms with Crippen molar-refractivity contribution in [1.82, 2.24) is 5.32 Å². The number of aliphatic carboxylic acids is 2. The monoisotopic (exact) mass is 290 g/mol. The van der Waals surface area contributed by atoms with Gasteiger partial charge in [-0.1, -0.05) is 12.8 Å². The molecule has 1 fully saturated rings. The summed E-state index contributed by atoms with van der Waals surface area (Å²) in [4.78, 5) is 29.7. The van der Waals surface area contributed by atoms with Crippen molar-refractivity contribution >= 4 is 17.8 Å². The highest BCUT2D eigenvalue weighted by Gasteiger charge is 2.29. The first-order chi connectivity index (χ1) is 9.05. The fraction of sp³-hybridized carbons (Fsp3) is 0.750. The molecule has 1 saturated carbocycles. The van der Waals surface area contributed by atoms with Crippen LogP contribution in [0.4, 0.5) is 0 Å². The second-order valence-electron chi connectivity index (χ2n) is 5.26. The Morgan fingerprint density at radius 1 is 1.10 bits per heavy atom. The van der Waals surface area contributed by atoms with Gasteiger partial charge < -0.3 is 26.4 Å². The second kappa shape index (κ2) is 7.81. The van der Waals surface area contributed by atoms with Crippen LogP contribution in [0.15, 0.2) is 0 Å². The summed E-state index contributed by atoms with van der Waals surface area (Å²) in [5.41, 5.74) is 4.78. The summed E-state index contributed by atoms with van der Waals surface area (Å²) in [5.74, 6) is -3.84. The molecule has 0 radical (unpaired) electrons. The zero-order valence-electron chi connectivity index (χ0n) is 11.6. The van der Waals surface area contributed by atoms with Crippen LogP contribution in [-0.2, 0) is 14.4 Å². The predicted octanol–water partition coefficient (Wildman–Crippen LogP) is -0.701. The van der Waals surface area contributed by atoms with Crippen LogP contribution in [0.1, 0.15) is 39.5 Å². The lowest BCUT2D eigenvalue weighted by atomic mass is 9.92. The van der Waals surface area contributed by atoms with E-state index >= 15 is 0 Å². The number of nitrogens with one attached hydrogen (secondary N) is 1. The van der Waals surface area contributed by atoms with E-state index in [2.05, 4.69) is 5.32 Å². The van der Waals surface area contributed by atoms with Gasteiger partial charge >= 0.3 is 11.9 Å². The van der Waals surface area contributed by atoms with Crippen LogP contribution < -0.4 is 11.1 Å². The van der Waals surface area contributed by atoms with Crippen LogP contribution >= 0.6 is 0 Å². The number of carbonyl (C=O) groups excluding carboxylic acids is 1. The quantitative estimate of drug-likeness (QED) is 0.422. The standard InChI is InChI=1S/C10H20N2O2.C2H2O4/c1-10(2,11)9(14)12-7-5-3-4-6-8(7)13;3-1(4)2(5)6/h7-8,13H,3-6,11H2,1-2H3,(H,12,14);(H,3,4)(H,5,6). The first-order valence-corrected chi connectivity index (χ1v) is 6.29. The molecule has 1 aliphatic rings. The molecule has 1 aliphatic carbocycles. The molecule has 1 amide bonds. The molecule has 0 heterocycles. The molecule has 116 valence electrons. The van der Waals surface area contributed by atoms with Crippen molar-refractivity contribution < 1.29 is 29.7 Å². The van der Waals surface area contributed by atoms with Gasteiger partial charge in [-0.3, -0.25) is 4.79 Å². The number of hydrogen-bond acceptors (Lipinski definition) is 5. The molecule has 0 aliphatic heterocycles. The van der Waals surface area contributed by atoms with Crippen molar-refractivity contribution in [3.8, 4) is 0 Å². The van der Waals surface area contributed by atoms with Crippen molar-refractivity contribution in [2.75, 3.05) is 0 Å². The lowest BCUT2D eigenvalue weighted by Crippen LogP contribution is -2.55. The SMILES string of the molecule is CC(C)(N)C(=O)NC1CCCCC1O.O=C(O)C(=O)O. The summed E-state index contributed by atoms with van der Waals surface area (Å²) in [6.07, 6.45) is 3.32.